The van der Waals surface area contributed by atoms with Crippen LogP contribution in [0, 0.1) is 5.92 Å². The molecule has 4 rings (SSSR count). The molecule has 1 saturated carbocycles. The highest BCUT2D eigenvalue weighted by Crippen LogP contribution is 2.33. The molecule has 2 aromatic rings. The van der Waals surface area contributed by atoms with Crippen LogP contribution >= 0.6 is 0 Å². The van der Waals surface area contributed by atoms with Gasteiger partial charge in [0.25, 0.3) is 0 Å². The van der Waals surface area contributed by atoms with Gasteiger partial charge in [0.15, 0.2) is 0 Å². The normalized spacial score (nSPS) is 21.2. The summed E-state index contributed by atoms with van der Waals surface area (Å²) in [7, 11) is 1.97. The zero-order chi connectivity index (χ0) is 16.5. The number of nitrogens with zero attached hydrogens (tertiary/aromatic N) is 5. The lowest BCUT2D eigenvalue weighted by Crippen LogP contribution is -2.34. The van der Waals surface area contributed by atoms with Crippen molar-refractivity contribution < 1.29 is 4.74 Å². The monoisotopic (exact) mass is 329 g/mol. The van der Waals surface area contributed by atoms with Gasteiger partial charge in [-0.25, -0.2) is 0 Å². The van der Waals surface area contributed by atoms with Gasteiger partial charge in [-0.15, -0.1) is 0 Å². The minimum atomic E-state index is 0.367. The van der Waals surface area contributed by atoms with Crippen LogP contribution in [-0.2, 0) is 31.4 Å². The molecule has 2 aliphatic rings. The predicted octanol–water partition coefficient (Wildman–Crippen LogP) is 2.16. The van der Waals surface area contributed by atoms with Crippen molar-refractivity contribution in [2.75, 3.05) is 19.8 Å². The smallest absolute Gasteiger partial charge is 0.0736 e. The lowest BCUT2D eigenvalue weighted by atomic mass is 9.97. The van der Waals surface area contributed by atoms with Gasteiger partial charge in [0.1, 0.15) is 0 Å². The Labute approximate surface area is 143 Å². The van der Waals surface area contributed by atoms with Crippen molar-refractivity contribution in [2.24, 2.45) is 13.0 Å². The molecule has 0 amide bonds. The van der Waals surface area contributed by atoms with Crippen molar-refractivity contribution in [3.63, 3.8) is 0 Å². The molecule has 0 N–H and O–H groups in total. The summed E-state index contributed by atoms with van der Waals surface area (Å²) in [6.45, 7) is 7.56. The third-order valence-corrected chi connectivity index (χ3v) is 4.96. The summed E-state index contributed by atoms with van der Waals surface area (Å²) in [5, 5.41) is 9.19. The molecule has 1 unspecified atom stereocenters. The van der Waals surface area contributed by atoms with Crippen molar-refractivity contribution in [1.29, 1.82) is 0 Å². The van der Waals surface area contributed by atoms with Crippen LogP contribution in [0.15, 0.2) is 18.6 Å². The first kappa shape index (κ1) is 15.8. The van der Waals surface area contributed by atoms with E-state index in [0.717, 1.165) is 45.3 Å². The van der Waals surface area contributed by atoms with Crippen molar-refractivity contribution in [1.82, 2.24) is 24.5 Å². The number of hydrogen-bond acceptors (Lipinski definition) is 4. The molecule has 0 saturated heterocycles. The number of aryl methyl sites for hydroxylation is 1. The van der Waals surface area contributed by atoms with Gasteiger partial charge in [-0.2, -0.15) is 10.2 Å². The average molecular weight is 329 g/mol. The Morgan fingerprint density at radius 3 is 2.88 bits per heavy atom. The van der Waals surface area contributed by atoms with Crippen LogP contribution in [0.4, 0.5) is 0 Å². The Hall–Kier alpha value is -1.66. The first-order valence-corrected chi connectivity index (χ1v) is 9.05. The van der Waals surface area contributed by atoms with E-state index in [4.69, 9.17) is 9.84 Å². The van der Waals surface area contributed by atoms with Crippen LogP contribution in [0.2, 0.25) is 0 Å². The Kier molecular flexibility index (Phi) is 4.41. The minimum absolute atomic E-state index is 0.367. The third kappa shape index (κ3) is 3.54. The molecule has 0 bridgehead atoms. The van der Waals surface area contributed by atoms with Crippen molar-refractivity contribution in [3.05, 3.63) is 35.4 Å². The SMILES string of the molecule is CCOCC1CN(Cc2cnn(C)c2)Cc2cn(CC3CC3)nc21. The van der Waals surface area contributed by atoms with E-state index in [1.54, 1.807) is 0 Å². The molecule has 1 aliphatic heterocycles. The highest BCUT2D eigenvalue weighted by atomic mass is 16.5. The van der Waals surface area contributed by atoms with E-state index in [9.17, 15) is 0 Å². The molecule has 0 spiro atoms. The Bertz CT molecular complexity index is 687. The summed E-state index contributed by atoms with van der Waals surface area (Å²) in [5.74, 6) is 1.22. The lowest BCUT2D eigenvalue weighted by molar-refractivity contribution is 0.104. The molecule has 3 heterocycles. The molecule has 0 radical (unpaired) electrons. The lowest BCUT2D eigenvalue weighted by Gasteiger charge is -2.31. The van der Waals surface area contributed by atoms with Crippen LogP contribution in [0.1, 0.15) is 42.5 Å². The van der Waals surface area contributed by atoms with Crippen molar-refractivity contribution in [2.45, 2.75) is 45.3 Å². The van der Waals surface area contributed by atoms with Crippen LogP contribution < -0.4 is 0 Å². The summed E-state index contributed by atoms with van der Waals surface area (Å²) in [6.07, 6.45) is 9.05. The zero-order valence-electron chi connectivity index (χ0n) is 14.7. The van der Waals surface area contributed by atoms with E-state index in [1.165, 1.54) is 29.7 Å². The second-order valence-electron chi connectivity index (χ2n) is 7.25. The average Bonchev–Trinajstić information content (AvgIpc) is 3.13. The Morgan fingerprint density at radius 2 is 2.17 bits per heavy atom. The topological polar surface area (TPSA) is 48.1 Å². The minimum Gasteiger partial charge on any atom is -0.381 e. The fourth-order valence-electron chi connectivity index (χ4n) is 3.63. The van der Waals surface area contributed by atoms with E-state index >= 15 is 0 Å². The van der Waals surface area contributed by atoms with Crippen molar-refractivity contribution >= 4 is 0 Å². The molecule has 130 valence electrons. The molecular formula is C18H27N5O. The molecule has 6 heteroatoms. The summed E-state index contributed by atoms with van der Waals surface area (Å²) >= 11 is 0. The van der Waals surface area contributed by atoms with E-state index in [-0.39, 0.29) is 0 Å². The van der Waals surface area contributed by atoms with Crippen LogP contribution in [-0.4, -0.2) is 44.2 Å². The zero-order valence-corrected chi connectivity index (χ0v) is 14.7. The van der Waals surface area contributed by atoms with Gasteiger partial charge < -0.3 is 4.74 Å². The van der Waals surface area contributed by atoms with Gasteiger partial charge >= 0.3 is 0 Å². The van der Waals surface area contributed by atoms with Gasteiger partial charge in [0, 0.05) is 69.3 Å². The molecule has 6 nitrogen and oxygen atoms in total. The number of rotatable bonds is 7. The maximum Gasteiger partial charge on any atom is 0.0736 e. The molecule has 1 fully saturated rings. The Morgan fingerprint density at radius 1 is 1.29 bits per heavy atom. The first-order chi connectivity index (χ1) is 11.7. The van der Waals surface area contributed by atoms with Gasteiger partial charge in [-0.1, -0.05) is 0 Å². The summed E-state index contributed by atoms with van der Waals surface area (Å²) in [6, 6.07) is 0. The summed E-state index contributed by atoms with van der Waals surface area (Å²) in [5.41, 5.74) is 3.89. The van der Waals surface area contributed by atoms with Crippen molar-refractivity contribution in [3.8, 4) is 0 Å². The van der Waals surface area contributed by atoms with Gasteiger partial charge in [-0.3, -0.25) is 14.3 Å². The van der Waals surface area contributed by atoms with Gasteiger partial charge in [0.05, 0.1) is 18.5 Å². The quantitative estimate of drug-likeness (QED) is 0.781. The number of hydrogen-bond donors (Lipinski definition) is 0. The van der Waals surface area contributed by atoms with Gasteiger partial charge in [-0.05, 0) is 25.7 Å². The summed E-state index contributed by atoms with van der Waals surface area (Å²) < 4.78 is 9.79. The number of ether oxygens (including phenoxy) is 1. The molecule has 1 aliphatic carbocycles. The maximum atomic E-state index is 5.74. The highest BCUT2D eigenvalue weighted by Gasteiger charge is 2.30. The largest absolute Gasteiger partial charge is 0.381 e. The molecule has 0 aromatic carbocycles. The number of aromatic nitrogens is 4. The second-order valence-corrected chi connectivity index (χ2v) is 7.25. The fraction of sp³-hybridized carbons (Fsp3) is 0.667. The van der Waals surface area contributed by atoms with E-state index in [0.29, 0.717) is 5.92 Å². The standard InChI is InChI=1S/C18H27N5O/c1-3-24-13-17-11-22(8-15-6-19-21(2)7-15)10-16-12-23(20-18(16)17)9-14-4-5-14/h6-7,12,14,17H,3-5,8-11,13H2,1-2H3. The van der Waals surface area contributed by atoms with E-state index < -0.39 is 0 Å². The van der Waals surface area contributed by atoms with Gasteiger partial charge in [0.2, 0.25) is 0 Å². The van der Waals surface area contributed by atoms with E-state index in [2.05, 4.69) is 34.0 Å². The molecule has 24 heavy (non-hydrogen) atoms. The maximum absolute atomic E-state index is 5.74. The molecule has 2 aromatic heterocycles. The molecular weight excluding hydrogens is 302 g/mol. The van der Waals surface area contributed by atoms with Crippen LogP contribution in [0.3, 0.4) is 0 Å². The van der Waals surface area contributed by atoms with Crippen LogP contribution in [0.25, 0.3) is 0 Å². The first-order valence-electron chi connectivity index (χ1n) is 9.05. The number of fused-ring (bicyclic) bond motifs is 1. The Balaban J connectivity index is 1.51. The highest BCUT2D eigenvalue weighted by molar-refractivity contribution is 5.25. The van der Waals surface area contributed by atoms with E-state index in [1.807, 2.05) is 17.9 Å². The van der Waals surface area contributed by atoms with Crippen LogP contribution in [0.5, 0.6) is 0 Å². The third-order valence-electron chi connectivity index (χ3n) is 4.96. The molecule has 1 atom stereocenters. The fourth-order valence-corrected chi connectivity index (χ4v) is 3.63. The summed E-state index contributed by atoms with van der Waals surface area (Å²) in [4.78, 5) is 2.49. The second kappa shape index (κ2) is 6.69. The predicted molar refractivity (Wildman–Crippen MR) is 91.5 cm³/mol.